The van der Waals surface area contributed by atoms with Gasteiger partial charge in [-0.2, -0.15) is 0 Å². The number of likely N-dealkylation sites (tertiary alicyclic amines) is 1. The zero-order valence-corrected chi connectivity index (χ0v) is 17.6. The molecule has 1 amide bonds. The SMILES string of the molecule is O=C(c1ccccc1)N1C[C@H]2C[C@H](C1)c1ccc(-c3ccc(OC(F)(F)F)cc3)c(=O)n1C2. The Balaban J connectivity index is 1.40. The number of pyridine rings is 1. The van der Waals surface area contributed by atoms with Gasteiger partial charge in [0.25, 0.3) is 11.5 Å². The molecule has 1 fully saturated rings. The molecule has 3 heterocycles. The Morgan fingerprint density at radius 2 is 1.64 bits per heavy atom. The van der Waals surface area contributed by atoms with E-state index in [0.29, 0.717) is 36.3 Å². The van der Waals surface area contributed by atoms with Crippen LogP contribution in [0, 0.1) is 5.92 Å². The fourth-order valence-electron chi connectivity index (χ4n) is 4.93. The molecule has 0 saturated carbocycles. The number of ether oxygens (including phenoxy) is 1. The van der Waals surface area contributed by atoms with Crippen LogP contribution >= 0.6 is 0 Å². The number of piperidine rings is 1. The lowest BCUT2D eigenvalue weighted by Gasteiger charge is -2.43. The molecule has 3 aromatic rings. The Labute approximate surface area is 188 Å². The van der Waals surface area contributed by atoms with E-state index in [1.54, 1.807) is 10.6 Å². The quantitative estimate of drug-likeness (QED) is 0.578. The van der Waals surface area contributed by atoms with E-state index in [1.807, 2.05) is 41.3 Å². The highest BCUT2D eigenvalue weighted by molar-refractivity contribution is 5.94. The molecule has 0 unspecified atom stereocenters. The average molecular weight is 454 g/mol. The van der Waals surface area contributed by atoms with Crippen molar-refractivity contribution in [3.05, 3.63) is 88.3 Å². The predicted molar refractivity (Wildman–Crippen MR) is 116 cm³/mol. The van der Waals surface area contributed by atoms with Crippen LogP contribution < -0.4 is 10.3 Å². The molecule has 2 aromatic carbocycles. The van der Waals surface area contributed by atoms with Crippen molar-refractivity contribution in [2.45, 2.75) is 25.2 Å². The lowest BCUT2D eigenvalue weighted by atomic mass is 9.82. The van der Waals surface area contributed by atoms with E-state index in [4.69, 9.17) is 0 Å². The smallest absolute Gasteiger partial charge is 0.406 e. The number of fused-ring (bicyclic) bond motifs is 4. The van der Waals surface area contributed by atoms with Crippen molar-refractivity contribution in [2.24, 2.45) is 5.92 Å². The lowest BCUT2D eigenvalue weighted by Crippen LogP contribution is -2.49. The van der Waals surface area contributed by atoms with Crippen molar-refractivity contribution < 1.29 is 22.7 Å². The number of alkyl halides is 3. The van der Waals surface area contributed by atoms with Crippen molar-refractivity contribution in [2.75, 3.05) is 13.1 Å². The van der Waals surface area contributed by atoms with Gasteiger partial charge in [0.2, 0.25) is 0 Å². The first-order valence-corrected chi connectivity index (χ1v) is 10.7. The molecule has 2 aliphatic heterocycles. The third-order valence-electron chi connectivity index (χ3n) is 6.31. The van der Waals surface area contributed by atoms with Crippen LogP contribution in [0.1, 0.15) is 28.4 Å². The summed E-state index contributed by atoms with van der Waals surface area (Å²) >= 11 is 0. The first-order chi connectivity index (χ1) is 15.8. The molecular weight excluding hydrogens is 433 g/mol. The Kier molecular flexibility index (Phi) is 5.23. The molecule has 0 spiro atoms. The van der Waals surface area contributed by atoms with Gasteiger partial charge in [-0.25, -0.2) is 0 Å². The van der Waals surface area contributed by atoms with Gasteiger partial charge in [-0.3, -0.25) is 9.59 Å². The van der Waals surface area contributed by atoms with Gasteiger partial charge < -0.3 is 14.2 Å². The van der Waals surface area contributed by atoms with Crippen LogP contribution in [-0.2, 0) is 6.54 Å². The summed E-state index contributed by atoms with van der Waals surface area (Å²) in [5.74, 6) is -0.102. The highest BCUT2D eigenvalue weighted by atomic mass is 19.4. The minimum absolute atomic E-state index is 0.00103. The summed E-state index contributed by atoms with van der Waals surface area (Å²) in [7, 11) is 0. The summed E-state index contributed by atoms with van der Waals surface area (Å²) < 4.78 is 42.9. The molecule has 33 heavy (non-hydrogen) atoms. The van der Waals surface area contributed by atoms with E-state index in [0.717, 1.165) is 12.1 Å². The van der Waals surface area contributed by atoms with E-state index in [-0.39, 0.29) is 29.1 Å². The molecule has 1 aromatic heterocycles. The minimum Gasteiger partial charge on any atom is -0.406 e. The van der Waals surface area contributed by atoms with Crippen molar-refractivity contribution in [1.82, 2.24) is 9.47 Å². The third kappa shape index (κ3) is 4.25. The maximum Gasteiger partial charge on any atom is 0.573 e. The van der Waals surface area contributed by atoms with E-state index in [2.05, 4.69) is 4.74 Å². The summed E-state index contributed by atoms with van der Waals surface area (Å²) in [5, 5.41) is 0. The summed E-state index contributed by atoms with van der Waals surface area (Å²) in [4.78, 5) is 28.1. The maximum absolute atomic E-state index is 13.3. The highest BCUT2D eigenvalue weighted by Gasteiger charge is 2.37. The normalized spacial score (nSPS) is 19.7. The standard InChI is InChI=1S/C25H21F3N2O3/c26-25(27,28)33-20-8-6-17(7-9-20)21-10-11-22-19-12-16(14-30(22)24(21)32)13-29(15-19)23(31)18-4-2-1-3-5-18/h1-11,16,19H,12-15H2/t16-,19-/m1/s1. The number of amides is 1. The zero-order valence-electron chi connectivity index (χ0n) is 17.6. The van der Waals surface area contributed by atoms with Gasteiger partial charge >= 0.3 is 6.36 Å². The Hall–Kier alpha value is -3.55. The van der Waals surface area contributed by atoms with Gasteiger partial charge in [-0.15, -0.1) is 13.2 Å². The number of carbonyl (C=O) groups excluding carboxylic acids is 1. The molecule has 8 heteroatoms. The first kappa shape index (κ1) is 21.3. The second kappa shape index (κ2) is 8.10. The van der Waals surface area contributed by atoms with Crippen LogP contribution in [0.2, 0.25) is 0 Å². The Morgan fingerprint density at radius 1 is 0.909 bits per heavy atom. The predicted octanol–water partition coefficient (Wildman–Crippen LogP) is 4.67. The van der Waals surface area contributed by atoms with Crippen molar-refractivity contribution in [3.63, 3.8) is 0 Å². The van der Waals surface area contributed by atoms with Crippen molar-refractivity contribution in [1.29, 1.82) is 0 Å². The van der Waals surface area contributed by atoms with Crippen molar-refractivity contribution >= 4 is 5.91 Å². The second-order valence-electron chi connectivity index (χ2n) is 8.53. The van der Waals surface area contributed by atoms with Crippen LogP contribution in [0.5, 0.6) is 5.75 Å². The highest BCUT2D eigenvalue weighted by Crippen LogP contribution is 2.36. The van der Waals surface area contributed by atoms with Crippen LogP contribution in [0.3, 0.4) is 0 Å². The largest absolute Gasteiger partial charge is 0.573 e. The summed E-state index contributed by atoms with van der Waals surface area (Å²) in [6.07, 6.45) is -3.85. The van der Waals surface area contributed by atoms with E-state index < -0.39 is 6.36 Å². The lowest BCUT2D eigenvalue weighted by molar-refractivity contribution is -0.274. The minimum atomic E-state index is -4.76. The number of carbonyl (C=O) groups is 1. The molecule has 0 N–H and O–H groups in total. The number of hydrogen-bond acceptors (Lipinski definition) is 3. The number of nitrogens with zero attached hydrogens (tertiary/aromatic N) is 2. The van der Waals surface area contributed by atoms with Gasteiger partial charge in [0, 0.05) is 42.4 Å². The fourth-order valence-corrected chi connectivity index (χ4v) is 4.93. The number of aromatic nitrogens is 1. The maximum atomic E-state index is 13.3. The van der Waals surface area contributed by atoms with Gasteiger partial charge in [0.15, 0.2) is 0 Å². The number of hydrogen-bond donors (Lipinski definition) is 0. The van der Waals surface area contributed by atoms with Crippen LogP contribution in [0.25, 0.3) is 11.1 Å². The molecule has 5 rings (SSSR count). The number of rotatable bonds is 3. The Morgan fingerprint density at radius 3 is 2.33 bits per heavy atom. The molecular formula is C25H21F3N2O3. The van der Waals surface area contributed by atoms with E-state index >= 15 is 0 Å². The summed E-state index contributed by atoms with van der Waals surface area (Å²) in [5.41, 5.74) is 2.33. The average Bonchev–Trinajstić information content (AvgIpc) is 2.79. The Bertz CT molecular complexity index is 1240. The molecule has 170 valence electrons. The zero-order chi connectivity index (χ0) is 23.2. The van der Waals surface area contributed by atoms with Crippen molar-refractivity contribution in [3.8, 4) is 16.9 Å². The van der Waals surface area contributed by atoms with Crippen LogP contribution in [0.4, 0.5) is 13.2 Å². The van der Waals surface area contributed by atoms with E-state index in [9.17, 15) is 22.8 Å². The van der Waals surface area contributed by atoms with Gasteiger partial charge in [-0.1, -0.05) is 30.3 Å². The monoisotopic (exact) mass is 454 g/mol. The molecule has 2 bridgehead atoms. The number of benzene rings is 2. The fraction of sp³-hybridized carbons (Fsp3) is 0.280. The molecule has 0 aliphatic carbocycles. The molecule has 1 saturated heterocycles. The van der Waals surface area contributed by atoms with Gasteiger partial charge in [-0.05, 0) is 54.3 Å². The van der Waals surface area contributed by atoms with Gasteiger partial charge in [0.1, 0.15) is 5.75 Å². The van der Waals surface area contributed by atoms with Gasteiger partial charge in [0.05, 0.1) is 0 Å². The summed E-state index contributed by atoms with van der Waals surface area (Å²) in [6.45, 7) is 1.64. The first-order valence-electron chi connectivity index (χ1n) is 10.7. The molecule has 2 atom stereocenters. The number of halogens is 3. The van der Waals surface area contributed by atoms with Crippen LogP contribution in [0.15, 0.2) is 71.5 Å². The summed E-state index contributed by atoms with van der Waals surface area (Å²) in [6, 6.07) is 18.1. The second-order valence-corrected chi connectivity index (χ2v) is 8.53. The topological polar surface area (TPSA) is 51.5 Å². The van der Waals surface area contributed by atoms with Crippen LogP contribution in [-0.4, -0.2) is 34.8 Å². The molecule has 0 radical (unpaired) electrons. The molecule has 2 aliphatic rings. The third-order valence-corrected chi connectivity index (χ3v) is 6.31. The van der Waals surface area contributed by atoms with E-state index in [1.165, 1.54) is 24.3 Å². The molecule has 5 nitrogen and oxygen atoms in total.